The van der Waals surface area contributed by atoms with Crippen molar-refractivity contribution in [2.24, 2.45) is 0 Å². The zero-order valence-electron chi connectivity index (χ0n) is 12.0. The van der Waals surface area contributed by atoms with Crippen molar-refractivity contribution in [3.05, 3.63) is 74.9 Å². The summed E-state index contributed by atoms with van der Waals surface area (Å²) in [7, 11) is 0. The van der Waals surface area contributed by atoms with Gasteiger partial charge in [-0.15, -0.1) is 0 Å². The van der Waals surface area contributed by atoms with Gasteiger partial charge in [0.05, 0.1) is 21.1 Å². The van der Waals surface area contributed by atoms with Gasteiger partial charge in [0.15, 0.2) is 4.32 Å². The molecule has 8 heteroatoms. The molecule has 1 saturated heterocycles. The molecule has 1 aliphatic rings. The highest BCUT2D eigenvalue weighted by Gasteiger charge is 2.35. The summed E-state index contributed by atoms with van der Waals surface area (Å²) < 4.78 is 14.1. The summed E-state index contributed by atoms with van der Waals surface area (Å²) >= 11 is 6.14. The Hall–Kier alpha value is -2.58. The van der Waals surface area contributed by atoms with Gasteiger partial charge in [0.1, 0.15) is 5.82 Å². The number of para-hydroxylation sites is 2. The van der Waals surface area contributed by atoms with Crippen LogP contribution in [0.4, 0.5) is 15.8 Å². The molecule has 0 radical (unpaired) electrons. The molecule has 0 bridgehead atoms. The van der Waals surface area contributed by atoms with Gasteiger partial charge in [0, 0.05) is 6.07 Å². The van der Waals surface area contributed by atoms with Crippen LogP contribution in [0.2, 0.25) is 0 Å². The fourth-order valence-electron chi connectivity index (χ4n) is 2.23. The molecule has 1 heterocycles. The summed E-state index contributed by atoms with van der Waals surface area (Å²) in [4.78, 5) is 24.4. The fraction of sp³-hybridized carbons (Fsp3) is 0. The monoisotopic (exact) mass is 360 g/mol. The maximum atomic E-state index is 13.9. The highest BCUT2D eigenvalue weighted by atomic mass is 32.2. The lowest BCUT2D eigenvalue weighted by Crippen LogP contribution is -2.28. The maximum Gasteiger partial charge on any atom is 0.276 e. The van der Waals surface area contributed by atoms with E-state index in [1.807, 2.05) is 0 Å². The van der Waals surface area contributed by atoms with Crippen LogP contribution in [0, 0.1) is 15.9 Å². The Bertz CT molecular complexity index is 898. The second-order valence-corrected chi connectivity index (χ2v) is 6.46. The minimum absolute atomic E-state index is 0.0611. The normalized spacial score (nSPS) is 16.0. The fourth-order valence-corrected chi connectivity index (χ4v) is 3.50. The van der Waals surface area contributed by atoms with Crippen LogP contribution < -0.4 is 4.90 Å². The van der Waals surface area contributed by atoms with Crippen molar-refractivity contribution >= 4 is 51.7 Å². The first kappa shape index (κ1) is 16.3. The number of nitrogens with zero attached hydrogens (tertiary/aromatic N) is 2. The van der Waals surface area contributed by atoms with Crippen molar-refractivity contribution in [3.8, 4) is 0 Å². The lowest BCUT2D eigenvalue weighted by Gasteiger charge is -2.14. The zero-order chi connectivity index (χ0) is 17.3. The topological polar surface area (TPSA) is 63.4 Å². The number of thiocarbonyl (C=S) groups is 1. The average Bonchev–Trinajstić information content (AvgIpc) is 2.82. The molecule has 2 aromatic carbocycles. The smallest absolute Gasteiger partial charge is 0.268 e. The Morgan fingerprint density at radius 1 is 1.17 bits per heavy atom. The minimum Gasteiger partial charge on any atom is -0.268 e. The van der Waals surface area contributed by atoms with Crippen LogP contribution in [0.1, 0.15) is 5.56 Å². The van der Waals surface area contributed by atoms with E-state index < -0.39 is 16.6 Å². The van der Waals surface area contributed by atoms with Crippen molar-refractivity contribution in [1.29, 1.82) is 0 Å². The number of thioether (sulfide) groups is 1. The molecule has 24 heavy (non-hydrogen) atoms. The maximum absolute atomic E-state index is 13.9. The summed E-state index contributed by atoms with van der Waals surface area (Å²) in [6.45, 7) is 0. The molecular weight excluding hydrogens is 351 g/mol. The second-order valence-electron chi connectivity index (χ2n) is 4.78. The number of hydrogen-bond acceptors (Lipinski definition) is 5. The highest BCUT2D eigenvalue weighted by molar-refractivity contribution is 8.27. The summed E-state index contributed by atoms with van der Waals surface area (Å²) in [5.41, 5.74) is 0.233. The molecule has 1 aliphatic heterocycles. The van der Waals surface area contributed by atoms with Crippen LogP contribution in [0.3, 0.4) is 0 Å². The van der Waals surface area contributed by atoms with Gasteiger partial charge in [-0.05, 0) is 24.3 Å². The average molecular weight is 360 g/mol. The number of hydrogen-bond donors (Lipinski definition) is 0. The van der Waals surface area contributed by atoms with Crippen LogP contribution >= 0.6 is 24.0 Å². The standard InChI is InChI=1S/C16H9FN2O3S2/c17-11-6-2-4-8-13(11)18-15(20)14(24-16(18)23)9-10-5-1-3-7-12(10)19(21)22/h1-9H/b14-9-. The van der Waals surface area contributed by atoms with Gasteiger partial charge in [-0.2, -0.15) is 0 Å². The summed E-state index contributed by atoms with van der Waals surface area (Å²) in [6.07, 6.45) is 1.40. The van der Waals surface area contributed by atoms with Crippen molar-refractivity contribution < 1.29 is 14.1 Å². The largest absolute Gasteiger partial charge is 0.276 e. The number of carbonyl (C=O) groups excluding carboxylic acids is 1. The first-order valence-corrected chi connectivity index (χ1v) is 7.97. The van der Waals surface area contributed by atoms with E-state index >= 15 is 0 Å². The molecule has 120 valence electrons. The molecule has 0 saturated carbocycles. The second kappa shape index (κ2) is 6.50. The van der Waals surface area contributed by atoms with Crippen molar-refractivity contribution in [2.45, 2.75) is 0 Å². The number of anilines is 1. The number of nitro benzene ring substituents is 1. The molecule has 1 fully saturated rings. The lowest BCUT2D eigenvalue weighted by molar-refractivity contribution is -0.385. The zero-order valence-corrected chi connectivity index (χ0v) is 13.6. The third-order valence-corrected chi connectivity index (χ3v) is 4.61. The Kier molecular flexibility index (Phi) is 4.41. The minimum atomic E-state index is -0.569. The van der Waals surface area contributed by atoms with E-state index in [1.54, 1.807) is 18.2 Å². The molecule has 5 nitrogen and oxygen atoms in total. The molecule has 1 amide bonds. The number of halogens is 1. The van der Waals surface area contributed by atoms with Gasteiger partial charge in [0.2, 0.25) is 0 Å². The van der Waals surface area contributed by atoms with Gasteiger partial charge in [0.25, 0.3) is 11.6 Å². The molecule has 2 aromatic rings. The van der Waals surface area contributed by atoms with Gasteiger partial charge in [-0.1, -0.05) is 48.2 Å². The van der Waals surface area contributed by atoms with Crippen LogP contribution in [-0.2, 0) is 4.79 Å². The number of rotatable bonds is 3. The number of benzene rings is 2. The van der Waals surface area contributed by atoms with E-state index in [0.29, 0.717) is 0 Å². The van der Waals surface area contributed by atoms with Crippen molar-refractivity contribution in [3.63, 3.8) is 0 Å². The van der Waals surface area contributed by atoms with E-state index in [2.05, 4.69) is 0 Å². The number of carbonyl (C=O) groups is 1. The Morgan fingerprint density at radius 2 is 1.83 bits per heavy atom. The Labute approximate surface area is 145 Å². The summed E-state index contributed by atoms with van der Waals surface area (Å²) in [6, 6.07) is 11.9. The third-order valence-electron chi connectivity index (χ3n) is 3.31. The number of amides is 1. The predicted molar refractivity (Wildman–Crippen MR) is 95.1 cm³/mol. The quantitative estimate of drug-likeness (QED) is 0.356. The van der Waals surface area contributed by atoms with E-state index in [4.69, 9.17) is 12.2 Å². The SMILES string of the molecule is O=C1/C(=C/c2ccccc2[N+](=O)[O-])SC(=S)N1c1ccccc1F. The van der Waals surface area contributed by atoms with Crippen LogP contribution in [0.5, 0.6) is 0 Å². The van der Waals surface area contributed by atoms with E-state index in [-0.39, 0.29) is 26.2 Å². The Balaban J connectivity index is 2.01. The van der Waals surface area contributed by atoms with Gasteiger partial charge in [-0.25, -0.2) is 4.39 Å². The molecule has 0 atom stereocenters. The van der Waals surface area contributed by atoms with E-state index in [9.17, 15) is 19.3 Å². The molecule has 0 aromatic heterocycles. The van der Waals surface area contributed by atoms with Crippen LogP contribution in [0.15, 0.2) is 53.4 Å². The van der Waals surface area contributed by atoms with E-state index in [0.717, 1.165) is 16.7 Å². The number of nitro groups is 1. The highest BCUT2D eigenvalue weighted by Crippen LogP contribution is 2.37. The van der Waals surface area contributed by atoms with Crippen molar-refractivity contribution in [1.82, 2.24) is 0 Å². The van der Waals surface area contributed by atoms with E-state index in [1.165, 1.54) is 36.4 Å². The van der Waals surface area contributed by atoms with Crippen LogP contribution in [0.25, 0.3) is 6.08 Å². The van der Waals surface area contributed by atoms with Gasteiger partial charge in [-0.3, -0.25) is 19.8 Å². The first-order valence-electron chi connectivity index (χ1n) is 6.75. The van der Waals surface area contributed by atoms with Gasteiger partial charge >= 0.3 is 0 Å². The van der Waals surface area contributed by atoms with Crippen molar-refractivity contribution in [2.75, 3.05) is 4.90 Å². The lowest BCUT2D eigenvalue weighted by atomic mass is 10.1. The summed E-state index contributed by atoms with van der Waals surface area (Å²) in [5, 5.41) is 11.1. The molecule has 0 unspecified atom stereocenters. The Morgan fingerprint density at radius 3 is 2.54 bits per heavy atom. The molecule has 0 N–H and O–H groups in total. The molecule has 0 aliphatic carbocycles. The molecule has 0 spiro atoms. The van der Waals surface area contributed by atoms with Crippen LogP contribution in [-0.4, -0.2) is 15.2 Å². The third kappa shape index (κ3) is 2.93. The first-order chi connectivity index (χ1) is 11.5. The molecular formula is C16H9FN2O3S2. The van der Waals surface area contributed by atoms with Gasteiger partial charge < -0.3 is 0 Å². The molecule has 3 rings (SSSR count). The summed E-state index contributed by atoms with van der Waals surface area (Å²) in [5.74, 6) is -1.08. The predicted octanol–water partition coefficient (Wildman–Crippen LogP) is 4.14.